The first-order valence-electron chi connectivity index (χ1n) is 5.53. The molecule has 0 saturated carbocycles. The van der Waals surface area contributed by atoms with Gasteiger partial charge in [0, 0.05) is 20.1 Å². The number of nitrogens with zero attached hydrogens (tertiary/aromatic N) is 3. The Balaban J connectivity index is 2.89. The first kappa shape index (κ1) is 11.4. The van der Waals surface area contributed by atoms with Crippen molar-refractivity contribution in [2.45, 2.75) is 20.4 Å². The van der Waals surface area contributed by atoms with Crippen LogP contribution in [0.1, 0.15) is 13.8 Å². The van der Waals surface area contributed by atoms with E-state index in [-0.39, 0.29) is 0 Å². The Kier molecular flexibility index (Phi) is 2.74. The first-order chi connectivity index (χ1) is 8.10. The van der Waals surface area contributed by atoms with Gasteiger partial charge in [0.1, 0.15) is 0 Å². The molecular weight excluding hydrogens is 222 g/mol. The molecule has 0 aliphatic heterocycles. The van der Waals surface area contributed by atoms with Gasteiger partial charge in [0.05, 0.1) is 0 Å². The van der Waals surface area contributed by atoms with Gasteiger partial charge in [-0.2, -0.15) is 4.98 Å². The molecule has 0 aromatic carbocycles. The molecule has 2 rings (SSSR count). The quantitative estimate of drug-likeness (QED) is 0.779. The molecule has 0 amide bonds. The number of imidazole rings is 1. The van der Waals surface area contributed by atoms with Crippen molar-refractivity contribution in [2.24, 2.45) is 7.05 Å². The Hall–Kier alpha value is -2.05. The van der Waals surface area contributed by atoms with Crippen LogP contribution in [0, 0.1) is 0 Å². The number of hydrogen-bond acceptors (Lipinski definition) is 4. The van der Waals surface area contributed by atoms with Gasteiger partial charge < -0.3 is 9.88 Å². The van der Waals surface area contributed by atoms with E-state index in [0.29, 0.717) is 30.2 Å². The molecule has 2 N–H and O–H groups in total. The van der Waals surface area contributed by atoms with Crippen LogP contribution in [0.5, 0.6) is 0 Å². The lowest BCUT2D eigenvalue weighted by molar-refractivity contribution is 0.719. The van der Waals surface area contributed by atoms with E-state index in [9.17, 15) is 9.59 Å². The Morgan fingerprint density at radius 3 is 2.65 bits per heavy atom. The van der Waals surface area contributed by atoms with Crippen molar-refractivity contribution < 1.29 is 0 Å². The average Bonchev–Trinajstić information content (AvgIpc) is 2.58. The Morgan fingerprint density at radius 2 is 2.06 bits per heavy atom. The molecule has 0 aliphatic rings. The van der Waals surface area contributed by atoms with Gasteiger partial charge in [-0.1, -0.05) is 0 Å². The molecule has 17 heavy (non-hydrogen) atoms. The highest BCUT2D eigenvalue weighted by Gasteiger charge is 2.14. The normalized spacial score (nSPS) is 11.0. The second kappa shape index (κ2) is 4.08. The van der Waals surface area contributed by atoms with Crippen molar-refractivity contribution in [1.29, 1.82) is 0 Å². The summed E-state index contributed by atoms with van der Waals surface area (Å²) in [6.07, 6.45) is 0. The maximum absolute atomic E-state index is 11.7. The zero-order chi connectivity index (χ0) is 12.6. The van der Waals surface area contributed by atoms with Crippen LogP contribution in [0.3, 0.4) is 0 Å². The SMILES string of the molecule is CCNc1nc2c(c(=O)[nH]c(=O)n2CC)n1C. The van der Waals surface area contributed by atoms with E-state index >= 15 is 0 Å². The van der Waals surface area contributed by atoms with Gasteiger partial charge >= 0.3 is 5.69 Å². The summed E-state index contributed by atoms with van der Waals surface area (Å²) in [6.45, 7) is 4.94. The molecule has 0 radical (unpaired) electrons. The van der Waals surface area contributed by atoms with E-state index in [4.69, 9.17) is 0 Å². The van der Waals surface area contributed by atoms with Crippen molar-refractivity contribution in [1.82, 2.24) is 19.1 Å². The monoisotopic (exact) mass is 237 g/mol. The molecule has 7 heteroatoms. The zero-order valence-corrected chi connectivity index (χ0v) is 10.1. The number of rotatable bonds is 3. The smallest absolute Gasteiger partial charge is 0.330 e. The Morgan fingerprint density at radius 1 is 1.35 bits per heavy atom. The van der Waals surface area contributed by atoms with Crippen LogP contribution in [-0.4, -0.2) is 25.6 Å². The summed E-state index contributed by atoms with van der Waals surface area (Å²) in [5, 5.41) is 3.05. The van der Waals surface area contributed by atoms with E-state index in [1.54, 1.807) is 11.6 Å². The summed E-state index contributed by atoms with van der Waals surface area (Å²) in [5.41, 5.74) is -0.0119. The third-order valence-electron chi connectivity index (χ3n) is 2.66. The molecule has 2 aromatic heterocycles. The summed E-state index contributed by atoms with van der Waals surface area (Å²) in [4.78, 5) is 29.9. The Labute approximate surface area is 97.1 Å². The predicted octanol–water partition coefficient (Wildman–Crippen LogP) is -0.125. The van der Waals surface area contributed by atoms with Gasteiger partial charge in [0.25, 0.3) is 5.56 Å². The van der Waals surface area contributed by atoms with E-state index in [2.05, 4.69) is 15.3 Å². The fourth-order valence-electron chi connectivity index (χ4n) is 1.86. The second-order valence-electron chi connectivity index (χ2n) is 3.70. The molecule has 0 aliphatic carbocycles. The Bertz CT molecular complexity index is 664. The van der Waals surface area contributed by atoms with Crippen molar-refractivity contribution in [3.05, 3.63) is 20.8 Å². The van der Waals surface area contributed by atoms with Crippen LogP contribution < -0.4 is 16.6 Å². The fraction of sp³-hybridized carbons (Fsp3) is 0.500. The minimum atomic E-state index is -0.425. The van der Waals surface area contributed by atoms with Crippen LogP contribution in [0.2, 0.25) is 0 Å². The van der Waals surface area contributed by atoms with E-state index in [0.717, 1.165) is 0 Å². The summed E-state index contributed by atoms with van der Waals surface area (Å²) in [5.74, 6) is 0.584. The highest BCUT2D eigenvalue weighted by Crippen LogP contribution is 2.12. The highest BCUT2D eigenvalue weighted by molar-refractivity contribution is 5.73. The number of nitrogens with one attached hydrogen (secondary N) is 2. The molecular formula is C10H15N5O2. The molecule has 0 bridgehead atoms. The highest BCUT2D eigenvalue weighted by atomic mass is 16.2. The van der Waals surface area contributed by atoms with Crippen molar-refractivity contribution >= 4 is 17.1 Å². The summed E-state index contributed by atoms with van der Waals surface area (Å²) in [7, 11) is 1.74. The van der Waals surface area contributed by atoms with Gasteiger partial charge in [-0.15, -0.1) is 0 Å². The van der Waals surface area contributed by atoms with Gasteiger partial charge in [0.2, 0.25) is 5.95 Å². The van der Waals surface area contributed by atoms with E-state index in [1.807, 2.05) is 13.8 Å². The van der Waals surface area contributed by atoms with Gasteiger partial charge in [-0.25, -0.2) is 4.79 Å². The van der Waals surface area contributed by atoms with E-state index in [1.165, 1.54) is 4.57 Å². The molecule has 7 nitrogen and oxygen atoms in total. The number of aromatic nitrogens is 4. The second-order valence-corrected chi connectivity index (χ2v) is 3.70. The van der Waals surface area contributed by atoms with Gasteiger partial charge in [-0.3, -0.25) is 14.3 Å². The third-order valence-corrected chi connectivity index (χ3v) is 2.66. The first-order valence-corrected chi connectivity index (χ1v) is 5.53. The van der Waals surface area contributed by atoms with E-state index < -0.39 is 11.2 Å². The number of hydrogen-bond donors (Lipinski definition) is 2. The minimum Gasteiger partial charge on any atom is -0.356 e. The number of H-pyrrole nitrogens is 1. The summed E-state index contributed by atoms with van der Waals surface area (Å²) < 4.78 is 3.10. The maximum atomic E-state index is 11.7. The molecule has 0 spiro atoms. The fourth-order valence-corrected chi connectivity index (χ4v) is 1.86. The van der Waals surface area contributed by atoms with Crippen LogP contribution in [-0.2, 0) is 13.6 Å². The lowest BCUT2D eigenvalue weighted by Crippen LogP contribution is -2.30. The van der Waals surface area contributed by atoms with Gasteiger partial charge in [0.15, 0.2) is 11.2 Å². The number of fused-ring (bicyclic) bond motifs is 1. The van der Waals surface area contributed by atoms with Crippen LogP contribution in [0.25, 0.3) is 11.2 Å². The van der Waals surface area contributed by atoms with Crippen molar-refractivity contribution in [2.75, 3.05) is 11.9 Å². The summed E-state index contributed by atoms with van der Waals surface area (Å²) in [6, 6.07) is 0. The molecule has 2 aromatic rings. The molecule has 0 atom stereocenters. The standard InChI is InChI=1S/C10H15N5O2/c1-4-11-9-12-7-6(14(9)3)8(16)13-10(17)15(7)5-2/h4-5H2,1-3H3,(H,11,12)(H,13,16,17). The number of aryl methyl sites for hydroxylation is 2. The van der Waals surface area contributed by atoms with Crippen LogP contribution in [0.15, 0.2) is 9.59 Å². The lowest BCUT2D eigenvalue weighted by Gasteiger charge is -2.02. The maximum Gasteiger partial charge on any atom is 0.330 e. The van der Waals surface area contributed by atoms with Crippen LogP contribution in [0.4, 0.5) is 5.95 Å². The largest absolute Gasteiger partial charge is 0.356 e. The topological polar surface area (TPSA) is 84.7 Å². The summed E-state index contributed by atoms with van der Waals surface area (Å²) >= 11 is 0. The molecule has 0 fully saturated rings. The average molecular weight is 237 g/mol. The zero-order valence-electron chi connectivity index (χ0n) is 10.1. The molecule has 2 heterocycles. The third kappa shape index (κ3) is 1.63. The van der Waals surface area contributed by atoms with Crippen molar-refractivity contribution in [3.8, 4) is 0 Å². The lowest BCUT2D eigenvalue weighted by atomic mass is 10.5. The predicted molar refractivity (Wildman–Crippen MR) is 65.4 cm³/mol. The molecule has 0 saturated heterocycles. The number of anilines is 1. The number of aromatic amines is 1. The molecule has 0 unspecified atom stereocenters. The minimum absolute atomic E-state index is 0.405. The van der Waals surface area contributed by atoms with Gasteiger partial charge in [-0.05, 0) is 13.8 Å². The van der Waals surface area contributed by atoms with Crippen molar-refractivity contribution in [3.63, 3.8) is 0 Å². The van der Waals surface area contributed by atoms with Crippen LogP contribution >= 0.6 is 0 Å². The molecule has 92 valence electrons.